The molecule has 1 aliphatic heterocycles. The van der Waals surface area contributed by atoms with Gasteiger partial charge < -0.3 is 97.4 Å². The Kier molecular flexibility index (Phi) is 34.7. The zero-order chi connectivity index (χ0) is 61.5. The zero-order valence-corrected chi connectivity index (χ0v) is 48.7. The second-order valence-electron chi connectivity index (χ2n) is 21.8. The highest BCUT2D eigenvalue weighted by Crippen LogP contribution is 2.14. The molecule has 0 aromatic carbocycles. The molecule has 81 heavy (non-hydrogen) atoms. The summed E-state index contributed by atoms with van der Waals surface area (Å²) in [6.45, 7) is 12.3. The molecule has 29 heteroatoms. The Hall–Kier alpha value is -6.11. The minimum Gasteiger partial charge on any atom is -0.391 e. The van der Waals surface area contributed by atoms with Gasteiger partial charge in [-0.1, -0.05) is 54.4 Å². The Labute approximate surface area is 475 Å². The normalized spacial score (nSPS) is 23.4. The van der Waals surface area contributed by atoms with Crippen molar-refractivity contribution in [2.75, 3.05) is 45.8 Å². The maximum Gasteiger partial charge on any atom is 0.245 e. The van der Waals surface area contributed by atoms with Crippen LogP contribution in [0.4, 0.5) is 0 Å². The fourth-order valence-electron chi connectivity index (χ4n) is 8.62. The predicted octanol–water partition coefficient (Wildman–Crippen LogP) is -5.97. The van der Waals surface area contributed by atoms with E-state index in [9.17, 15) is 63.0 Å². The van der Waals surface area contributed by atoms with Crippen molar-refractivity contribution in [1.82, 2.24) is 58.5 Å². The summed E-state index contributed by atoms with van der Waals surface area (Å²) >= 11 is 0. The first-order valence-electron chi connectivity index (χ1n) is 28.3. The van der Waals surface area contributed by atoms with Gasteiger partial charge >= 0.3 is 0 Å². The second kappa shape index (κ2) is 38.6. The number of amides is 11. The van der Waals surface area contributed by atoms with E-state index in [0.717, 1.165) is 12.8 Å². The Morgan fingerprint density at radius 2 is 1.04 bits per heavy atom. The second-order valence-corrected chi connectivity index (χ2v) is 21.8. The molecule has 23 N–H and O–H groups in total. The van der Waals surface area contributed by atoms with Gasteiger partial charge in [0.05, 0.1) is 18.1 Å². The number of carbonyl (C=O) groups excluding carboxylic acids is 11. The molecule has 29 nitrogen and oxygen atoms in total. The zero-order valence-electron chi connectivity index (χ0n) is 48.7. The minimum absolute atomic E-state index is 0.0128. The lowest BCUT2D eigenvalue weighted by atomic mass is 9.93. The fraction of sp³-hybridized carbons (Fsp3) is 0.788. The number of nitrogens with one attached hydrogen (secondary N) is 11. The van der Waals surface area contributed by atoms with Crippen LogP contribution in [0.25, 0.3) is 0 Å². The highest BCUT2D eigenvalue weighted by atomic mass is 16.3. The molecule has 0 spiro atoms. The summed E-state index contributed by atoms with van der Waals surface area (Å²) in [7, 11) is 0. The molecule has 1 fully saturated rings. The van der Waals surface area contributed by atoms with Crippen molar-refractivity contribution in [2.45, 2.75) is 193 Å². The first kappa shape index (κ1) is 72.9. The van der Waals surface area contributed by atoms with E-state index in [1.807, 2.05) is 0 Å². The van der Waals surface area contributed by atoms with Crippen LogP contribution in [-0.2, 0) is 52.7 Å². The Bertz CT molecular complexity index is 2050. The Morgan fingerprint density at radius 3 is 1.52 bits per heavy atom. The van der Waals surface area contributed by atoms with Gasteiger partial charge in [0.25, 0.3) is 0 Å². The van der Waals surface area contributed by atoms with E-state index in [-0.39, 0.29) is 90.1 Å². The van der Waals surface area contributed by atoms with Crippen LogP contribution >= 0.6 is 0 Å². The van der Waals surface area contributed by atoms with E-state index in [1.165, 1.54) is 13.8 Å². The molecule has 0 saturated carbocycles. The third-order valence-corrected chi connectivity index (χ3v) is 13.4. The van der Waals surface area contributed by atoms with Gasteiger partial charge in [0.15, 0.2) is 0 Å². The first-order valence-corrected chi connectivity index (χ1v) is 28.3. The standard InChI is InChI=1S/C52H98N16O13/c1-27(2)11-9-10-12-40(71)60-33(13-19-53)49(78)68-42(31(8)70)52(81)65-36(16-22-56)46(75)64-38-18-24-58-51(80)41(30(7)69)67-50(79)37(17-23-57)63-45(74)34(14-20-54)61-43(72)32(29(5)6)26-59-44(73)39(25-28(3)4)66-47(76)35(15-21-55)62-48(38)77/h27-39,41-42,69-70H,9-26,53-57H2,1-8H3,(H,58,80)(H,59,73)(H,60,71)(H,61,72)(H,62,77)(H,63,74)(H,64,75)(H,65,81)(H,66,76)(H,67,79)(H,68,78). The van der Waals surface area contributed by atoms with Gasteiger partial charge in [-0.25, -0.2) is 0 Å². The molecule has 1 heterocycles. The van der Waals surface area contributed by atoms with Crippen molar-refractivity contribution < 1.29 is 63.0 Å². The lowest BCUT2D eigenvalue weighted by Crippen LogP contribution is -2.62. The molecular weight excluding hydrogens is 1060 g/mol. The van der Waals surface area contributed by atoms with Gasteiger partial charge in [0.2, 0.25) is 65.0 Å². The molecule has 12 atom stereocenters. The molecule has 0 bridgehead atoms. The van der Waals surface area contributed by atoms with E-state index in [0.29, 0.717) is 12.3 Å². The fourth-order valence-corrected chi connectivity index (χ4v) is 8.62. The van der Waals surface area contributed by atoms with Gasteiger partial charge in [-0.15, -0.1) is 0 Å². The van der Waals surface area contributed by atoms with Crippen molar-refractivity contribution in [2.24, 2.45) is 52.3 Å². The first-order chi connectivity index (χ1) is 38.1. The van der Waals surface area contributed by atoms with Crippen LogP contribution in [0.15, 0.2) is 0 Å². The maximum absolute atomic E-state index is 14.4. The Balaban J connectivity index is 3.80. The SMILES string of the molecule is CC(C)CCCCC(=O)NC(CCN)C(=O)NC(C(=O)NC(CCN)C(=O)NC1CCNC(=O)C(C(C)O)NC(=O)C(CCN)NC(=O)C(CCN)NC(=O)C(C(C)C)CNC(=O)C(CC(C)C)NC(=O)C(CCN)NC1=O)C(C)O. The molecule has 1 rings (SSSR count). The lowest BCUT2D eigenvalue weighted by Gasteiger charge is -2.29. The van der Waals surface area contributed by atoms with Crippen LogP contribution in [-0.4, -0.2) is 188 Å². The van der Waals surface area contributed by atoms with Gasteiger partial charge in [-0.05, 0) is 116 Å². The predicted molar refractivity (Wildman–Crippen MR) is 301 cm³/mol. The lowest BCUT2D eigenvalue weighted by molar-refractivity contribution is -0.137. The smallest absolute Gasteiger partial charge is 0.245 e. The summed E-state index contributed by atoms with van der Waals surface area (Å²) in [6.07, 6.45) is -1.74. The van der Waals surface area contributed by atoms with E-state index < -0.39 is 156 Å². The molecule has 0 aliphatic carbocycles. The molecule has 464 valence electrons. The summed E-state index contributed by atoms with van der Waals surface area (Å²) in [5.74, 6) is -10.3. The van der Waals surface area contributed by atoms with Gasteiger partial charge in [0, 0.05) is 19.5 Å². The average Bonchev–Trinajstić information content (AvgIpc) is 3.38. The summed E-state index contributed by atoms with van der Waals surface area (Å²) in [6, 6.07) is -13.0. The molecule has 1 saturated heterocycles. The third-order valence-electron chi connectivity index (χ3n) is 13.4. The maximum atomic E-state index is 14.4. The number of hydrogen-bond acceptors (Lipinski definition) is 18. The highest BCUT2D eigenvalue weighted by molar-refractivity contribution is 5.98. The summed E-state index contributed by atoms with van der Waals surface area (Å²) in [5.41, 5.74) is 29.2. The number of unbranched alkanes of at least 4 members (excludes halogenated alkanes) is 1. The summed E-state index contributed by atoms with van der Waals surface area (Å²) in [4.78, 5) is 152. The number of aliphatic hydroxyl groups is 2. The number of hydrogen-bond donors (Lipinski definition) is 18. The van der Waals surface area contributed by atoms with Gasteiger partial charge in [-0.2, -0.15) is 0 Å². The van der Waals surface area contributed by atoms with Crippen LogP contribution < -0.4 is 87.2 Å². The summed E-state index contributed by atoms with van der Waals surface area (Å²) in [5, 5.41) is 49.6. The van der Waals surface area contributed by atoms with Crippen molar-refractivity contribution >= 4 is 65.0 Å². The molecule has 0 radical (unpaired) electrons. The molecule has 0 aromatic rings. The van der Waals surface area contributed by atoms with Crippen LogP contribution in [0.5, 0.6) is 0 Å². The van der Waals surface area contributed by atoms with Crippen LogP contribution in [0.3, 0.4) is 0 Å². The largest absolute Gasteiger partial charge is 0.391 e. The molecule has 11 amide bonds. The van der Waals surface area contributed by atoms with Gasteiger partial charge in [0.1, 0.15) is 54.4 Å². The molecule has 0 aromatic heterocycles. The number of aliphatic hydroxyl groups excluding tert-OH is 2. The number of carbonyl (C=O) groups is 11. The van der Waals surface area contributed by atoms with Crippen molar-refractivity contribution in [3.8, 4) is 0 Å². The van der Waals surface area contributed by atoms with E-state index in [1.54, 1.807) is 27.7 Å². The number of nitrogens with two attached hydrogens (primary N) is 5. The number of rotatable bonds is 27. The quantitative estimate of drug-likeness (QED) is 0.0341. The minimum atomic E-state index is -1.69. The monoisotopic (exact) mass is 1150 g/mol. The average molecular weight is 1160 g/mol. The highest BCUT2D eigenvalue weighted by Gasteiger charge is 2.37. The van der Waals surface area contributed by atoms with Gasteiger partial charge in [-0.3, -0.25) is 52.7 Å². The van der Waals surface area contributed by atoms with Crippen molar-refractivity contribution in [3.05, 3.63) is 0 Å². The molecular formula is C52H98N16O13. The van der Waals surface area contributed by atoms with E-state index in [2.05, 4.69) is 72.3 Å². The van der Waals surface area contributed by atoms with Crippen LogP contribution in [0.1, 0.15) is 126 Å². The van der Waals surface area contributed by atoms with E-state index >= 15 is 0 Å². The van der Waals surface area contributed by atoms with Crippen molar-refractivity contribution in [1.29, 1.82) is 0 Å². The molecule has 12 unspecified atom stereocenters. The third kappa shape index (κ3) is 27.0. The Morgan fingerprint density at radius 1 is 0.531 bits per heavy atom. The molecule has 1 aliphatic rings. The van der Waals surface area contributed by atoms with Crippen LogP contribution in [0.2, 0.25) is 0 Å². The van der Waals surface area contributed by atoms with Crippen molar-refractivity contribution in [3.63, 3.8) is 0 Å². The van der Waals surface area contributed by atoms with Crippen LogP contribution in [0, 0.1) is 23.7 Å². The van der Waals surface area contributed by atoms with E-state index in [4.69, 9.17) is 28.7 Å². The summed E-state index contributed by atoms with van der Waals surface area (Å²) < 4.78 is 0. The topological polar surface area (TPSA) is 491 Å².